The zero-order valence-corrected chi connectivity index (χ0v) is 7.89. The first-order valence-corrected chi connectivity index (χ1v) is 4.06. The second-order valence-corrected chi connectivity index (χ2v) is 3.17. The van der Waals surface area contributed by atoms with Gasteiger partial charge in [-0.15, -0.1) is 0 Å². The molecule has 0 aliphatic rings. The molecule has 1 amide bonds. The molecule has 13 heavy (non-hydrogen) atoms. The van der Waals surface area contributed by atoms with Gasteiger partial charge in [-0.2, -0.15) is 0 Å². The number of primary amides is 1. The highest BCUT2D eigenvalue weighted by atomic mass is 35.5. The quantitative estimate of drug-likeness (QED) is 0.770. The van der Waals surface area contributed by atoms with E-state index in [4.69, 9.17) is 28.9 Å². The van der Waals surface area contributed by atoms with Crippen molar-refractivity contribution in [3.63, 3.8) is 0 Å². The summed E-state index contributed by atoms with van der Waals surface area (Å²) in [4.78, 5) is 21.4. The van der Waals surface area contributed by atoms with Crippen LogP contribution in [0.3, 0.4) is 0 Å². The minimum absolute atomic E-state index is 0.0347. The first-order chi connectivity index (χ1) is 6.06. The van der Waals surface area contributed by atoms with E-state index in [-0.39, 0.29) is 21.2 Å². The van der Waals surface area contributed by atoms with Crippen LogP contribution in [-0.2, 0) is 0 Å². The first kappa shape index (κ1) is 10.0. The summed E-state index contributed by atoms with van der Waals surface area (Å²) >= 11 is 11.3. The van der Waals surface area contributed by atoms with Gasteiger partial charge in [0.25, 0.3) is 0 Å². The molecule has 0 unspecified atom stereocenters. The van der Waals surface area contributed by atoms with Crippen LogP contribution in [0.4, 0.5) is 0 Å². The number of halogens is 2. The van der Waals surface area contributed by atoms with Crippen LogP contribution in [0.2, 0.25) is 10.0 Å². The maximum absolute atomic E-state index is 10.8. The fourth-order valence-electron chi connectivity index (χ4n) is 0.908. The van der Waals surface area contributed by atoms with Gasteiger partial charge in [-0.25, -0.2) is 0 Å². The number of carbonyl (C=O) groups is 2. The Bertz CT molecular complexity index is 377. The summed E-state index contributed by atoms with van der Waals surface area (Å²) in [6, 6.07) is 2.68. The van der Waals surface area contributed by atoms with Crippen molar-refractivity contribution in [2.45, 2.75) is 0 Å². The SMILES string of the molecule is NC(=O)c1cc(Cl)cc(Cl)c1C=O. The number of hydrogen-bond donors (Lipinski definition) is 1. The van der Waals surface area contributed by atoms with Gasteiger partial charge in [0, 0.05) is 10.6 Å². The predicted molar refractivity (Wildman–Crippen MR) is 50.4 cm³/mol. The van der Waals surface area contributed by atoms with Crippen molar-refractivity contribution in [1.82, 2.24) is 0 Å². The highest BCUT2D eigenvalue weighted by Gasteiger charge is 2.12. The summed E-state index contributed by atoms with van der Waals surface area (Å²) in [7, 11) is 0. The van der Waals surface area contributed by atoms with E-state index in [1.165, 1.54) is 12.1 Å². The van der Waals surface area contributed by atoms with Crippen molar-refractivity contribution in [2.75, 3.05) is 0 Å². The van der Waals surface area contributed by atoms with E-state index in [2.05, 4.69) is 0 Å². The summed E-state index contributed by atoms with van der Waals surface area (Å²) < 4.78 is 0. The van der Waals surface area contributed by atoms with Crippen molar-refractivity contribution >= 4 is 35.4 Å². The van der Waals surface area contributed by atoms with Gasteiger partial charge in [0.15, 0.2) is 6.29 Å². The van der Waals surface area contributed by atoms with Gasteiger partial charge in [-0.3, -0.25) is 9.59 Å². The molecule has 68 valence electrons. The first-order valence-electron chi connectivity index (χ1n) is 3.30. The van der Waals surface area contributed by atoms with Crippen LogP contribution < -0.4 is 5.73 Å². The van der Waals surface area contributed by atoms with Crippen molar-refractivity contribution < 1.29 is 9.59 Å². The second-order valence-electron chi connectivity index (χ2n) is 2.33. The van der Waals surface area contributed by atoms with Gasteiger partial charge in [0.05, 0.1) is 10.6 Å². The monoisotopic (exact) mass is 217 g/mol. The van der Waals surface area contributed by atoms with Crippen LogP contribution in [0.5, 0.6) is 0 Å². The molecule has 1 aromatic carbocycles. The number of amides is 1. The van der Waals surface area contributed by atoms with E-state index in [0.717, 1.165) is 0 Å². The lowest BCUT2D eigenvalue weighted by atomic mass is 10.1. The third kappa shape index (κ3) is 1.99. The van der Waals surface area contributed by atoms with E-state index < -0.39 is 5.91 Å². The number of hydrogen-bond acceptors (Lipinski definition) is 2. The fourth-order valence-corrected chi connectivity index (χ4v) is 1.45. The topological polar surface area (TPSA) is 60.2 Å². The highest BCUT2D eigenvalue weighted by molar-refractivity contribution is 6.37. The van der Waals surface area contributed by atoms with Gasteiger partial charge < -0.3 is 5.73 Å². The Labute approximate surface area is 84.4 Å². The molecule has 0 heterocycles. The maximum Gasteiger partial charge on any atom is 0.249 e. The van der Waals surface area contributed by atoms with Crippen molar-refractivity contribution in [1.29, 1.82) is 0 Å². The Morgan fingerprint density at radius 3 is 2.46 bits per heavy atom. The molecule has 0 spiro atoms. The lowest BCUT2D eigenvalue weighted by Crippen LogP contribution is -2.13. The van der Waals surface area contributed by atoms with E-state index in [0.29, 0.717) is 6.29 Å². The number of carbonyl (C=O) groups excluding carboxylic acids is 2. The Morgan fingerprint density at radius 1 is 1.38 bits per heavy atom. The lowest BCUT2D eigenvalue weighted by Gasteiger charge is -2.02. The second kappa shape index (κ2) is 3.77. The van der Waals surface area contributed by atoms with E-state index >= 15 is 0 Å². The Balaban J connectivity index is 3.46. The number of aldehydes is 1. The number of rotatable bonds is 2. The van der Waals surface area contributed by atoms with Gasteiger partial charge in [-0.1, -0.05) is 23.2 Å². The largest absolute Gasteiger partial charge is 0.366 e. The van der Waals surface area contributed by atoms with E-state index in [1.807, 2.05) is 0 Å². The predicted octanol–water partition coefficient (Wildman–Crippen LogP) is 1.90. The fraction of sp³-hybridized carbons (Fsp3) is 0. The highest BCUT2D eigenvalue weighted by Crippen LogP contribution is 2.23. The van der Waals surface area contributed by atoms with Crippen LogP contribution in [0.1, 0.15) is 20.7 Å². The summed E-state index contributed by atoms with van der Waals surface area (Å²) in [6.07, 6.45) is 0.471. The maximum atomic E-state index is 10.8. The molecule has 2 N–H and O–H groups in total. The lowest BCUT2D eigenvalue weighted by molar-refractivity contribution is 0.0993. The Kier molecular flexibility index (Phi) is 2.90. The van der Waals surface area contributed by atoms with Crippen molar-refractivity contribution in [3.05, 3.63) is 33.3 Å². The normalized spacial score (nSPS) is 9.69. The molecule has 5 heteroatoms. The van der Waals surface area contributed by atoms with E-state index in [9.17, 15) is 9.59 Å². The summed E-state index contributed by atoms with van der Waals surface area (Å²) in [6.45, 7) is 0. The van der Waals surface area contributed by atoms with Gasteiger partial charge >= 0.3 is 0 Å². The summed E-state index contributed by atoms with van der Waals surface area (Å²) in [5.74, 6) is -0.730. The molecular weight excluding hydrogens is 213 g/mol. The molecule has 0 saturated heterocycles. The van der Waals surface area contributed by atoms with Gasteiger partial charge in [0.2, 0.25) is 5.91 Å². The van der Waals surface area contributed by atoms with Crippen LogP contribution >= 0.6 is 23.2 Å². The van der Waals surface area contributed by atoms with Gasteiger partial charge in [0.1, 0.15) is 0 Å². The molecule has 0 bridgehead atoms. The Morgan fingerprint density at radius 2 is 2.00 bits per heavy atom. The summed E-state index contributed by atoms with van der Waals surface area (Å²) in [5.41, 5.74) is 5.12. The minimum atomic E-state index is -0.730. The van der Waals surface area contributed by atoms with Crippen LogP contribution in [-0.4, -0.2) is 12.2 Å². The molecule has 1 aromatic rings. The molecule has 0 aromatic heterocycles. The molecule has 0 fully saturated rings. The third-order valence-corrected chi connectivity index (χ3v) is 2.01. The average molecular weight is 218 g/mol. The van der Waals surface area contributed by atoms with Gasteiger partial charge in [-0.05, 0) is 12.1 Å². The molecule has 1 rings (SSSR count). The number of nitrogens with two attached hydrogens (primary N) is 1. The summed E-state index contributed by atoms with van der Waals surface area (Å²) in [5, 5.41) is 0.390. The van der Waals surface area contributed by atoms with Crippen LogP contribution in [0.15, 0.2) is 12.1 Å². The Hall–Kier alpha value is -1.06. The molecule has 0 saturated carbocycles. The molecule has 0 radical (unpaired) electrons. The smallest absolute Gasteiger partial charge is 0.249 e. The molecule has 3 nitrogen and oxygen atoms in total. The zero-order chi connectivity index (χ0) is 10.0. The van der Waals surface area contributed by atoms with Crippen molar-refractivity contribution in [2.24, 2.45) is 5.73 Å². The molecule has 0 atom stereocenters. The third-order valence-electron chi connectivity index (χ3n) is 1.48. The van der Waals surface area contributed by atoms with Crippen LogP contribution in [0, 0.1) is 0 Å². The molecule has 0 aliphatic heterocycles. The van der Waals surface area contributed by atoms with Crippen LogP contribution in [0.25, 0.3) is 0 Å². The average Bonchev–Trinajstić information content (AvgIpc) is 2.02. The standard InChI is InChI=1S/C8H5Cl2NO2/c9-4-1-5(8(11)13)6(3-12)7(10)2-4/h1-3H,(H2,11,13). The zero-order valence-electron chi connectivity index (χ0n) is 6.38. The van der Waals surface area contributed by atoms with E-state index in [1.54, 1.807) is 0 Å². The number of benzene rings is 1. The van der Waals surface area contributed by atoms with Crippen molar-refractivity contribution in [3.8, 4) is 0 Å². The molecule has 0 aliphatic carbocycles. The minimum Gasteiger partial charge on any atom is -0.366 e. The molecular formula is C8H5Cl2NO2.